The SMILES string of the molecule is Cc1ccccc1-c1c(C)cnn1C1CC2(C1)CN(C(=O)c1ccc(F)cc1OC1CC1)C2. The third kappa shape index (κ3) is 3.52. The molecule has 170 valence electrons. The average molecular weight is 446 g/mol. The van der Waals surface area contributed by atoms with Crippen molar-refractivity contribution in [3.63, 3.8) is 0 Å². The van der Waals surface area contributed by atoms with E-state index in [0.717, 1.165) is 38.8 Å². The Morgan fingerprint density at radius 1 is 1.09 bits per heavy atom. The lowest BCUT2D eigenvalue weighted by Crippen LogP contribution is -2.63. The summed E-state index contributed by atoms with van der Waals surface area (Å²) in [7, 11) is 0. The number of carbonyl (C=O) groups is 1. The average Bonchev–Trinajstić information content (AvgIpc) is 3.47. The van der Waals surface area contributed by atoms with Crippen LogP contribution in [0.5, 0.6) is 5.75 Å². The number of hydrogen-bond acceptors (Lipinski definition) is 3. The zero-order valence-corrected chi connectivity index (χ0v) is 19.1. The van der Waals surface area contributed by atoms with Gasteiger partial charge in [0.05, 0.1) is 29.6 Å². The van der Waals surface area contributed by atoms with E-state index >= 15 is 0 Å². The first-order valence-electron chi connectivity index (χ1n) is 11.8. The van der Waals surface area contributed by atoms with Gasteiger partial charge in [-0.25, -0.2) is 4.39 Å². The maximum atomic E-state index is 13.7. The number of likely N-dealkylation sites (tertiary alicyclic amines) is 1. The molecular weight excluding hydrogens is 417 g/mol. The first kappa shape index (κ1) is 20.5. The summed E-state index contributed by atoms with van der Waals surface area (Å²) < 4.78 is 21.7. The molecule has 2 saturated carbocycles. The minimum Gasteiger partial charge on any atom is -0.489 e. The number of amides is 1. The Hall–Kier alpha value is -3.15. The molecule has 0 radical (unpaired) electrons. The highest BCUT2D eigenvalue weighted by Crippen LogP contribution is 2.55. The largest absolute Gasteiger partial charge is 0.489 e. The number of aryl methyl sites for hydroxylation is 2. The van der Waals surface area contributed by atoms with Crippen molar-refractivity contribution in [2.75, 3.05) is 13.1 Å². The van der Waals surface area contributed by atoms with Gasteiger partial charge in [0.15, 0.2) is 0 Å². The topological polar surface area (TPSA) is 47.4 Å². The van der Waals surface area contributed by atoms with E-state index in [1.165, 1.54) is 34.5 Å². The molecular formula is C27H28FN3O2. The van der Waals surface area contributed by atoms with Crippen LogP contribution in [-0.4, -0.2) is 39.8 Å². The number of aromatic nitrogens is 2. The van der Waals surface area contributed by atoms with E-state index in [1.807, 2.05) is 11.1 Å². The van der Waals surface area contributed by atoms with Crippen LogP contribution in [0.2, 0.25) is 0 Å². The summed E-state index contributed by atoms with van der Waals surface area (Å²) >= 11 is 0. The van der Waals surface area contributed by atoms with Gasteiger partial charge in [-0.3, -0.25) is 9.48 Å². The molecule has 1 aliphatic heterocycles. The van der Waals surface area contributed by atoms with E-state index in [1.54, 1.807) is 6.07 Å². The Morgan fingerprint density at radius 2 is 1.85 bits per heavy atom. The van der Waals surface area contributed by atoms with Gasteiger partial charge in [0.2, 0.25) is 0 Å². The first-order chi connectivity index (χ1) is 15.9. The molecule has 6 rings (SSSR count). The molecule has 3 aromatic rings. The number of carbonyl (C=O) groups excluding carboxylic acids is 1. The van der Waals surface area contributed by atoms with E-state index in [9.17, 15) is 9.18 Å². The van der Waals surface area contributed by atoms with Crippen molar-refractivity contribution in [2.24, 2.45) is 5.41 Å². The zero-order chi connectivity index (χ0) is 22.7. The van der Waals surface area contributed by atoms with Gasteiger partial charge in [0, 0.05) is 30.1 Å². The monoisotopic (exact) mass is 445 g/mol. The van der Waals surface area contributed by atoms with Crippen molar-refractivity contribution < 1.29 is 13.9 Å². The molecule has 5 nitrogen and oxygen atoms in total. The number of nitrogens with zero attached hydrogens (tertiary/aromatic N) is 3. The van der Waals surface area contributed by atoms with Crippen molar-refractivity contribution in [3.8, 4) is 17.0 Å². The summed E-state index contributed by atoms with van der Waals surface area (Å²) in [6.45, 7) is 5.74. The number of rotatable bonds is 5. The Balaban J connectivity index is 1.14. The lowest BCUT2D eigenvalue weighted by atomic mass is 9.60. The predicted octanol–water partition coefficient (Wildman–Crippen LogP) is 5.32. The highest BCUT2D eigenvalue weighted by molar-refractivity contribution is 5.97. The predicted molar refractivity (Wildman–Crippen MR) is 124 cm³/mol. The molecule has 6 heteroatoms. The third-order valence-electron chi connectivity index (χ3n) is 7.39. The van der Waals surface area contributed by atoms with Gasteiger partial charge in [0.1, 0.15) is 11.6 Å². The highest BCUT2D eigenvalue weighted by Gasteiger charge is 2.55. The minimum absolute atomic E-state index is 0.0599. The number of hydrogen-bond donors (Lipinski definition) is 0. The molecule has 0 unspecified atom stereocenters. The van der Waals surface area contributed by atoms with Crippen LogP contribution in [0.3, 0.4) is 0 Å². The van der Waals surface area contributed by atoms with Gasteiger partial charge in [-0.05, 0) is 62.8 Å². The fourth-order valence-corrected chi connectivity index (χ4v) is 5.48. The van der Waals surface area contributed by atoms with Crippen molar-refractivity contribution in [3.05, 3.63) is 71.2 Å². The van der Waals surface area contributed by atoms with Crippen LogP contribution in [0.25, 0.3) is 11.3 Å². The highest BCUT2D eigenvalue weighted by atomic mass is 19.1. The smallest absolute Gasteiger partial charge is 0.257 e. The van der Waals surface area contributed by atoms with Crippen LogP contribution >= 0.6 is 0 Å². The summed E-state index contributed by atoms with van der Waals surface area (Å²) in [6.07, 6.45) is 6.05. The second-order valence-corrected chi connectivity index (χ2v) is 10.1. The minimum atomic E-state index is -0.372. The third-order valence-corrected chi connectivity index (χ3v) is 7.39. The quantitative estimate of drug-likeness (QED) is 0.534. The molecule has 1 amide bonds. The van der Waals surface area contributed by atoms with E-state index in [-0.39, 0.29) is 23.2 Å². The lowest BCUT2D eigenvalue weighted by Gasteiger charge is -2.59. The normalized spacial score (nSPS) is 19.3. The summed E-state index contributed by atoms with van der Waals surface area (Å²) in [5.74, 6) is -0.0526. The second kappa shape index (κ2) is 7.44. The summed E-state index contributed by atoms with van der Waals surface area (Å²) in [5.41, 5.74) is 5.52. The maximum absolute atomic E-state index is 13.7. The molecule has 33 heavy (non-hydrogen) atoms. The molecule has 2 aliphatic carbocycles. The Morgan fingerprint density at radius 3 is 2.58 bits per heavy atom. The van der Waals surface area contributed by atoms with Gasteiger partial charge in [-0.15, -0.1) is 0 Å². The van der Waals surface area contributed by atoms with Crippen molar-refractivity contribution >= 4 is 5.91 Å². The molecule has 3 fully saturated rings. The van der Waals surface area contributed by atoms with Crippen molar-refractivity contribution in [1.29, 1.82) is 0 Å². The second-order valence-electron chi connectivity index (χ2n) is 10.1. The summed E-state index contributed by atoms with van der Waals surface area (Å²) in [6, 6.07) is 13.0. The fourth-order valence-electron chi connectivity index (χ4n) is 5.48. The molecule has 3 aliphatic rings. The van der Waals surface area contributed by atoms with E-state index in [0.29, 0.717) is 17.4 Å². The molecule has 0 atom stereocenters. The van der Waals surface area contributed by atoms with E-state index in [2.05, 4.69) is 42.8 Å². The lowest BCUT2D eigenvalue weighted by molar-refractivity contribution is -0.0735. The van der Waals surface area contributed by atoms with Crippen LogP contribution in [0.1, 0.15) is 53.2 Å². The van der Waals surface area contributed by atoms with Gasteiger partial charge in [-0.1, -0.05) is 24.3 Å². The van der Waals surface area contributed by atoms with Crippen LogP contribution in [0, 0.1) is 25.1 Å². The van der Waals surface area contributed by atoms with Gasteiger partial charge in [0.25, 0.3) is 5.91 Å². The van der Waals surface area contributed by atoms with Crippen LogP contribution in [0.4, 0.5) is 4.39 Å². The van der Waals surface area contributed by atoms with Gasteiger partial charge < -0.3 is 9.64 Å². The van der Waals surface area contributed by atoms with Crippen LogP contribution < -0.4 is 4.74 Å². The van der Waals surface area contributed by atoms with E-state index < -0.39 is 0 Å². The Kier molecular flexibility index (Phi) is 4.61. The summed E-state index contributed by atoms with van der Waals surface area (Å²) in [4.78, 5) is 15.0. The standard InChI is InChI=1S/C27H28FN3O2/c1-17-5-3-4-6-22(17)25-18(2)14-29-31(25)20-12-27(13-20)15-30(16-27)26(32)23-10-7-19(28)11-24(23)33-21-8-9-21/h3-7,10-11,14,20-21H,8-9,12-13,15-16H2,1-2H3. The molecule has 1 spiro atoms. The maximum Gasteiger partial charge on any atom is 0.257 e. The van der Waals surface area contributed by atoms with Gasteiger partial charge >= 0.3 is 0 Å². The molecule has 0 N–H and O–H groups in total. The molecule has 0 bridgehead atoms. The summed E-state index contributed by atoms with van der Waals surface area (Å²) in [5, 5.41) is 4.72. The Labute approximate surface area is 193 Å². The van der Waals surface area contributed by atoms with Gasteiger partial charge in [-0.2, -0.15) is 5.10 Å². The zero-order valence-electron chi connectivity index (χ0n) is 19.1. The van der Waals surface area contributed by atoms with Crippen LogP contribution in [-0.2, 0) is 0 Å². The number of ether oxygens (including phenoxy) is 1. The van der Waals surface area contributed by atoms with E-state index in [4.69, 9.17) is 9.84 Å². The van der Waals surface area contributed by atoms with Crippen LogP contribution in [0.15, 0.2) is 48.7 Å². The Bertz CT molecular complexity index is 1230. The number of halogens is 1. The van der Waals surface area contributed by atoms with Crippen molar-refractivity contribution in [1.82, 2.24) is 14.7 Å². The van der Waals surface area contributed by atoms with Crippen molar-refractivity contribution in [2.45, 2.75) is 51.7 Å². The number of benzene rings is 2. The first-order valence-corrected chi connectivity index (χ1v) is 11.8. The fraction of sp³-hybridized carbons (Fsp3) is 0.407. The molecule has 2 heterocycles. The molecule has 2 aromatic carbocycles. The molecule has 1 aromatic heterocycles. The molecule has 1 saturated heterocycles.